The third-order valence-corrected chi connectivity index (χ3v) is 3.12. The average molecular weight is 250 g/mol. The SMILES string of the molecule is N#CC1(Cc2cccc([N+](=O)[O-])c2F)CCOC1. The van der Waals surface area contributed by atoms with Crippen molar-refractivity contribution in [3.63, 3.8) is 0 Å². The number of rotatable bonds is 3. The molecule has 94 valence electrons. The van der Waals surface area contributed by atoms with Gasteiger partial charge in [0.05, 0.1) is 23.0 Å². The zero-order valence-corrected chi connectivity index (χ0v) is 9.56. The second-order valence-electron chi connectivity index (χ2n) is 4.38. The summed E-state index contributed by atoms with van der Waals surface area (Å²) < 4.78 is 19.1. The molecule has 1 heterocycles. The van der Waals surface area contributed by atoms with Crippen LogP contribution >= 0.6 is 0 Å². The lowest BCUT2D eigenvalue weighted by Gasteiger charge is -2.18. The first-order valence-electron chi connectivity index (χ1n) is 5.49. The molecule has 0 saturated carbocycles. The predicted octanol–water partition coefficient (Wildman–Crippen LogP) is 2.21. The highest BCUT2D eigenvalue weighted by Gasteiger charge is 2.36. The molecule has 1 aliphatic rings. The first-order chi connectivity index (χ1) is 8.58. The van der Waals surface area contributed by atoms with Gasteiger partial charge in [0.1, 0.15) is 0 Å². The standard InChI is InChI=1S/C12H11FN2O3/c13-11-9(2-1-3-10(11)15(16)17)6-12(7-14)4-5-18-8-12/h1-3H,4-6,8H2. The number of nitro groups is 1. The van der Waals surface area contributed by atoms with Gasteiger partial charge in [0.25, 0.3) is 0 Å². The molecule has 1 aromatic rings. The highest BCUT2D eigenvalue weighted by atomic mass is 19.1. The van der Waals surface area contributed by atoms with Crippen molar-refractivity contribution in [1.29, 1.82) is 5.26 Å². The molecular weight excluding hydrogens is 239 g/mol. The number of nitro benzene ring substituents is 1. The lowest BCUT2D eigenvalue weighted by molar-refractivity contribution is -0.387. The summed E-state index contributed by atoms with van der Waals surface area (Å²) in [5, 5.41) is 19.8. The molecule has 0 radical (unpaired) electrons. The van der Waals surface area contributed by atoms with Crippen molar-refractivity contribution >= 4 is 5.69 Å². The molecule has 1 atom stereocenters. The van der Waals surface area contributed by atoms with Gasteiger partial charge in [-0.05, 0) is 18.4 Å². The summed E-state index contributed by atoms with van der Waals surface area (Å²) in [7, 11) is 0. The minimum absolute atomic E-state index is 0.136. The topological polar surface area (TPSA) is 76.2 Å². The quantitative estimate of drug-likeness (QED) is 0.608. The Balaban J connectivity index is 2.32. The molecule has 0 bridgehead atoms. The Bertz CT molecular complexity index is 519. The molecule has 0 amide bonds. The van der Waals surface area contributed by atoms with Crippen LogP contribution in [0.5, 0.6) is 0 Å². The number of nitrogens with zero attached hydrogens (tertiary/aromatic N) is 2. The van der Waals surface area contributed by atoms with E-state index >= 15 is 0 Å². The average Bonchev–Trinajstić information content (AvgIpc) is 2.81. The maximum atomic E-state index is 13.9. The molecule has 0 aromatic heterocycles. The number of benzene rings is 1. The monoisotopic (exact) mass is 250 g/mol. The third-order valence-electron chi connectivity index (χ3n) is 3.12. The van der Waals surface area contributed by atoms with Crippen LogP contribution in [0.3, 0.4) is 0 Å². The van der Waals surface area contributed by atoms with Crippen molar-refractivity contribution in [3.05, 3.63) is 39.7 Å². The molecule has 5 nitrogen and oxygen atoms in total. The fraction of sp³-hybridized carbons (Fsp3) is 0.417. The maximum absolute atomic E-state index is 13.9. The molecule has 1 aromatic carbocycles. The highest BCUT2D eigenvalue weighted by molar-refractivity contribution is 5.37. The summed E-state index contributed by atoms with van der Waals surface area (Å²) in [6, 6.07) is 6.15. The molecule has 2 rings (SSSR count). The minimum atomic E-state index is -0.857. The van der Waals surface area contributed by atoms with Crippen molar-refractivity contribution in [1.82, 2.24) is 0 Å². The summed E-state index contributed by atoms with van der Waals surface area (Å²) in [6.45, 7) is 0.704. The van der Waals surface area contributed by atoms with E-state index in [4.69, 9.17) is 10.00 Å². The van der Waals surface area contributed by atoms with E-state index in [1.165, 1.54) is 12.1 Å². The Kier molecular flexibility index (Phi) is 3.26. The molecular formula is C12H11FN2O3. The molecule has 1 unspecified atom stereocenters. The number of nitriles is 1. The van der Waals surface area contributed by atoms with Crippen LogP contribution in [-0.4, -0.2) is 18.1 Å². The molecule has 6 heteroatoms. The second-order valence-corrected chi connectivity index (χ2v) is 4.38. The largest absolute Gasteiger partial charge is 0.380 e. The van der Waals surface area contributed by atoms with Crippen molar-refractivity contribution in [2.24, 2.45) is 5.41 Å². The predicted molar refractivity (Wildman–Crippen MR) is 60.2 cm³/mol. The van der Waals surface area contributed by atoms with Gasteiger partial charge in [-0.1, -0.05) is 12.1 Å². The number of hydrogen-bond acceptors (Lipinski definition) is 4. The van der Waals surface area contributed by atoms with Crippen LogP contribution in [0.25, 0.3) is 0 Å². The Hall–Kier alpha value is -2.00. The van der Waals surface area contributed by atoms with Gasteiger partial charge >= 0.3 is 5.69 Å². The van der Waals surface area contributed by atoms with Gasteiger partial charge in [0.2, 0.25) is 5.82 Å². The van der Waals surface area contributed by atoms with E-state index in [9.17, 15) is 14.5 Å². The summed E-state index contributed by atoms with van der Waals surface area (Å²) in [5.74, 6) is -0.857. The van der Waals surface area contributed by atoms with Crippen molar-refractivity contribution in [3.8, 4) is 6.07 Å². The van der Waals surface area contributed by atoms with Crippen LogP contribution < -0.4 is 0 Å². The van der Waals surface area contributed by atoms with Crippen LogP contribution in [0.15, 0.2) is 18.2 Å². The highest BCUT2D eigenvalue weighted by Crippen LogP contribution is 2.34. The summed E-state index contributed by atoms with van der Waals surface area (Å²) in [5.41, 5.74) is -1.13. The van der Waals surface area contributed by atoms with Gasteiger partial charge in [0, 0.05) is 12.7 Å². The second kappa shape index (κ2) is 4.70. The van der Waals surface area contributed by atoms with Gasteiger partial charge in [-0.3, -0.25) is 10.1 Å². The van der Waals surface area contributed by atoms with E-state index in [0.717, 1.165) is 6.07 Å². The van der Waals surface area contributed by atoms with Crippen LogP contribution in [0.2, 0.25) is 0 Å². The fourth-order valence-electron chi connectivity index (χ4n) is 2.08. The van der Waals surface area contributed by atoms with Gasteiger partial charge in [0.15, 0.2) is 0 Å². The molecule has 0 aliphatic carbocycles. The third kappa shape index (κ3) is 2.17. The van der Waals surface area contributed by atoms with Crippen LogP contribution in [0, 0.1) is 32.7 Å². The summed E-state index contributed by atoms with van der Waals surface area (Å²) in [6.07, 6.45) is 0.655. The number of halogens is 1. The Morgan fingerprint density at radius 3 is 2.94 bits per heavy atom. The number of hydrogen-bond donors (Lipinski definition) is 0. The zero-order chi connectivity index (χ0) is 13.2. The Labute approximate surface area is 103 Å². The van der Waals surface area contributed by atoms with Gasteiger partial charge in [-0.2, -0.15) is 9.65 Å². The minimum Gasteiger partial charge on any atom is -0.380 e. The van der Waals surface area contributed by atoms with Crippen LogP contribution in [0.4, 0.5) is 10.1 Å². The van der Waals surface area contributed by atoms with E-state index < -0.39 is 21.8 Å². The molecule has 18 heavy (non-hydrogen) atoms. The summed E-state index contributed by atoms with van der Waals surface area (Å²) >= 11 is 0. The van der Waals surface area contributed by atoms with E-state index in [2.05, 4.69) is 6.07 Å². The molecule has 1 saturated heterocycles. The zero-order valence-electron chi connectivity index (χ0n) is 9.56. The molecule has 0 spiro atoms. The normalized spacial score (nSPS) is 22.7. The lowest BCUT2D eigenvalue weighted by Crippen LogP contribution is -2.22. The molecule has 0 N–H and O–H groups in total. The smallest absolute Gasteiger partial charge is 0.305 e. The summed E-state index contributed by atoms with van der Waals surface area (Å²) in [4.78, 5) is 9.88. The number of ether oxygens (including phenoxy) is 1. The van der Waals surface area contributed by atoms with Crippen molar-refractivity contribution in [2.45, 2.75) is 12.8 Å². The maximum Gasteiger partial charge on any atom is 0.305 e. The van der Waals surface area contributed by atoms with E-state index in [0.29, 0.717) is 13.0 Å². The van der Waals surface area contributed by atoms with Gasteiger partial charge in [-0.25, -0.2) is 0 Å². The first kappa shape index (κ1) is 12.5. The van der Waals surface area contributed by atoms with Crippen molar-refractivity contribution < 1.29 is 14.1 Å². The molecule has 1 fully saturated rings. The first-order valence-corrected chi connectivity index (χ1v) is 5.49. The Morgan fingerprint density at radius 2 is 2.39 bits per heavy atom. The van der Waals surface area contributed by atoms with Gasteiger partial charge < -0.3 is 4.74 Å². The Morgan fingerprint density at radius 1 is 1.61 bits per heavy atom. The lowest BCUT2D eigenvalue weighted by atomic mass is 9.82. The van der Waals surface area contributed by atoms with Crippen LogP contribution in [0.1, 0.15) is 12.0 Å². The molecule has 1 aliphatic heterocycles. The van der Waals surface area contributed by atoms with Gasteiger partial charge in [-0.15, -0.1) is 0 Å². The fourth-order valence-corrected chi connectivity index (χ4v) is 2.08. The van der Waals surface area contributed by atoms with E-state index in [-0.39, 0.29) is 18.6 Å². The van der Waals surface area contributed by atoms with Crippen molar-refractivity contribution in [2.75, 3.05) is 13.2 Å². The van der Waals surface area contributed by atoms with E-state index in [1.807, 2.05) is 0 Å². The van der Waals surface area contributed by atoms with Crippen LogP contribution in [-0.2, 0) is 11.2 Å². The van der Waals surface area contributed by atoms with E-state index in [1.54, 1.807) is 0 Å².